The molecule has 2 unspecified atom stereocenters. The molecule has 3 N–H and O–H groups in total. The average molecular weight is 571 g/mol. The molecule has 7 nitrogen and oxygen atoms in total. The lowest BCUT2D eigenvalue weighted by Gasteiger charge is -2.34. The third-order valence-electron chi connectivity index (χ3n) is 7.89. The minimum absolute atomic E-state index is 0.0350. The maximum atomic E-state index is 14.2. The van der Waals surface area contributed by atoms with Crippen LogP contribution in [0.5, 0.6) is 0 Å². The fourth-order valence-corrected chi connectivity index (χ4v) is 5.77. The molecule has 2 aromatic carbocycles. The zero-order chi connectivity index (χ0) is 29.2. The molecule has 0 aliphatic carbocycles. The Morgan fingerprint density at radius 2 is 1.98 bits per heavy atom. The number of amides is 2. The number of hydrogen-bond donors (Lipinski definition) is 3. The molecule has 1 aliphatic heterocycles. The van der Waals surface area contributed by atoms with Crippen LogP contribution < -0.4 is 10.6 Å². The number of rotatable bonds is 9. The van der Waals surface area contributed by atoms with E-state index < -0.39 is 22.7 Å². The molecule has 9 heteroatoms. The van der Waals surface area contributed by atoms with E-state index in [2.05, 4.69) is 29.5 Å². The number of carbonyl (C=O) groups is 2. The van der Waals surface area contributed by atoms with Crippen molar-refractivity contribution in [3.63, 3.8) is 0 Å². The van der Waals surface area contributed by atoms with Gasteiger partial charge in [-0.2, -0.15) is 0 Å². The van der Waals surface area contributed by atoms with Gasteiger partial charge < -0.3 is 20.4 Å². The summed E-state index contributed by atoms with van der Waals surface area (Å²) in [4.78, 5) is 34.9. The van der Waals surface area contributed by atoms with Crippen LogP contribution >= 0.6 is 11.6 Å². The van der Waals surface area contributed by atoms with Crippen molar-refractivity contribution >= 4 is 34.4 Å². The van der Waals surface area contributed by atoms with Gasteiger partial charge in [0.2, 0.25) is 11.8 Å². The van der Waals surface area contributed by atoms with Crippen LogP contribution in [0.15, 0.2) is 36.4 Å². The Hall–Kier alpha value is -2.97. The molecular formula is C31H40ClFN4O3. The Morgan fingerprint density at radius 3 is 2.60 bits per heavy atom. The van der Waals surface area contributed by atoms with Gasteiger partial charge in [0.25, 0.3) is 0 Å². The molecule has 216 valence electrons. The molecule has 3 atom stereocenters. The highest BCUT2D eigenvalue weighted by molar-refractivity contribution is 6.31. The fraction of sp³-hybridized carbons (Fsp3) is 0.516. The first kappa shape index (κ1) is 30.0. The van der Waals surface area contributed by atoms with Crippen molar-refractivity contribution in [1.82, 2.24) is 20.6 Å². The third-order valence-corrected chi connectivity index (χ3v) is 8.29. The monoisotopic (exact) mass is 570 g/mol. The van der Waals surface area contributed by atoms with Gasteiger partial charge in [-0.1, -0.05) is 64.4 Å². The van der Waals surface area contributed by atoms with Gasteiger partial charge in [0, 0.05) is 19.6 Å². The average Bonchev–Trinajstić information content (AvgIpc) is 3.54. The van der Waals surface area contributed by atoms with Gasteiger partial charge in [0.05, 0.1) is 28.1 Å². The van der Waals surface area contributed by atoms with E-state index in [1.165, 1.54) is 6.07 Å². The van der Waals surface area contributed by atoms with Gasteiger partial charge >= 0.3 is 0 Å². The number of ether oxygens (including phenoxy) is 1. The van der Waals surface area contributed by atoms with Gasteiger partial charge in [0.15, 0.2) is 0 Å². The highest BCUT2D eigenvalue weighted by Gasteiger charge is 2.46. The first-order valence-electron chi connectivity index (χ1n) is 14.0. The molecule has 0 saturated carbocycles. The zero-order valence-corrected chi connectivity index (χ0v) is 24.9. The standard InChI is InChI=1S/C31H40ClFN4O3/c1-7-34-28(38)27(30(4,5)6)37-29(39)31(13-14-40-17-31)19-11-12-23-24(15-19)36-25(35-23)16-21(18(2)3)20-9-8-10-22(33)26(20)32/h8-12,15,18,21,27H,7,13-14,16-17H2,1-6H3,(H,34,38)(H,35,36)(H,37,39)/t21?,27-,31?/m0/s1. The van der Waals surface area contributed by atoms with Crippen molar-refractivity contribution in [3.8, 4) is 0 Å². The molecule has 0 bridgehead atoms. The number of imidazole rings is 1. The summed E-state index contributed by atoms with van der Waals surface area (Å²) in [5.41, 5.74) is 1.74. The van der Waals surface area contributed by atoms with Crippen LogP contribution in [0.2, 0.25) is 5.02 Å². The normalized spacial score (nSPS) is 19.1. The number of carbonyl (C=O) groups excluding carboxylic acids is 2. The van der Waals surface area contributed by atoms with Crippen LogP contribution in [-0.4, -0.2) is 47.6 Å². The van der Waals surface area contributed by atoms with Gasteiger partial charge in [0.1, 0.15) is 17.7 Å². The number of nitrogens with zero attached hydrogens (tertiary/aromatic N) is 1. The number of benzene rings is 2. The van der Waals surface area contributed by atoms with E-state index in [9.17, 15) is 14.0 Å². The lowest BCUT2D eigenvalue weighted by Crippen LogP contribution is -2.58. The number of halogens is 2. The second-order valence-corrected chi connectivity index (χ2v) is 12.5. The molecule has 1 saturated heterocycles. The van der Waals surface area contributed by atoms with Gasteiger partial charge in [-0.05, 0) is 59.9 Å². The molecule has 1 aliphatic rings. The van der Waals surface area contributed by atoms with E-state index in [4.69, 9.17) is 21.3 Å². The number of fused-ring (bicyclic) bond motifs is 1. The largest absolute Gasteiger partial charge is 0.380 e. The maximum Gasteiger partial charge on any atom is 0.243 e. The highest BCUT2D eigenvalue weighted by Crippen LogP contribution is 2.37. The van der Waals surface area contributed by atoms with E-state index in [1.54, 1.807) is 6.07 Å². The number of likely N-dealkylation sites (N-methyl/N-ethyl adjacent to an activating group) is 1. The summed E-state index contributed by atoms with van der Waals surface area (Å²) in [6, 6.07) is 10.0. The van der Waals surface area contributed by atoms with Gasteiger partial charge in [-0.25, -0.2) is 9.37 Å². The minimum Gasteiger partial charge on any atom is -0.380 e. The number of H-pyrrole nitrogens is 1. The van der Waals surface area contributed by atoms with Crippen LogP contribution in [-0.2, 0) is 26.2 Å². The molecule has 1 fully saturated rings. The van der Waals surface area contributed by atoms with Gasteiger partial charge in [-0.3, -0.25) is 9.59 Å². The van der Waals surface area contributed by atoms with Crippen molar-refractivity contribution in [2.45, 2.75) is 71.8 Å². The lowest BCUT2D eigenvalue weighted by atomic mass is 9.77. The van der Waals surface area contributed by atoms with E-state index >= 15 is 0 Å². The molecule has 0 radical (unpaired) electrons. The number of hydrogen-bond acceptors (Lipinski definition) is 4. The van der Waals surface area contributed by atoms with Crippen molar-refractivity contribution < 1.29 is 18.7 Å². The van der Waals surface area contributed by atoms with E-state index in [1.807, 2.05) is 52.0 Å². The van der Waals surface area contributed by atoms with Crippen molar-refractivity contribution in [3.05, 3.63) is 64.2 Å². The molecular weight excluding hydrogens is 531 g/mol. The first-order valence-corrected chi connectivity index (χ1v) is 14.3. The Bertz CT molecular complexity index is 1370. The number of aromatic amines is 1. The number of aromatic nitrogens is 2. The maximum absolute atomic E-state index is 14.2. The predicted octanol–water partition coefficient (Wildman–Crippen LogP) is 5.66. The van der Waals surface area contributed by atoms with E-state index in [-0.39, 0.29) is 35.3 Å². The molecule has 0 spiro atoms. The van der Waals surface area contributed by atoms with Gasteiger partial charge in [-0.15, -0.1) is 0 Å². The summed E-state index contributed by atoms with van der Waals surface area (Å²) in [7, 11) is 0. The third kappa shape index (κ3) is 6.03. The van der Waals surface area contributed by atoms with Crippen LogP contribution in [0.1, 0.15) is 70.8 Å². The molecule has 1 aromatic heterocycles. The van der Waals surface area contributed by atoms with Crippen molar-refractivity contribution in [2.75, 3.05) is 19.8 Å². The SMILES string of the molecule is CCNC(=O)[C@H](NC(=O)C1(c2ccc3nc(CC(c4cccc(F)c4Cl)C(C)C)[nH]c3c2)CCOC1)C(C)(C)C. The molecule has 2 heterocycles. The second-order valence-electron chi connectivity index (χ2n) is 12.2. The summed E-state index contributed by atoms with van der Waals surface area (Å²) in [5, 5.41) is 6.03. The summed E-state index contributed by atoms with van der Waals surface area (Å²) in [6.07, 6.45) is 1.06. The molecule has 2 amide bonds. The summed E-state index contributed by atoms with van der Waals surface area (Å²) >= 11 is 6.34. The quantitative estimate of drug-likeness (QED) is 0.309. The highest BCUT2D eigenvalue weighted by atomic mass is 35.5. The van der Waals surface area contributed by atoms with Crippen LogP contribution in [0.25, 0.3) is 11.0 Å². The van der Waals surface area contributed by atoms with Crippen molar-refractivity contribution in [2.24, 2.45) is 11.3 Å². The Morgan fingerprint density at radius 1 is 1.23 bits per heavy atom. The van der Waals surface area contributed by atoms with Crippen molar-refractivity contribution in [1.29, 1.82) is 0 Å². The topological polar surface area (TPSA) is 96.1 Å². The Kier molecular flexibility index (Phi) is 8.90. The van der Waals surface area contributed by atoms with E-state index in [0.29, 0.717) is 26.0 Å². The molecule has 4 rings (SSSR count). The predicted molar refractivity (Wildman–Crippen MR) is 156 cm³/mol. The summed E-state index contributed by atoms with van der Waals surface area (Å²) in [6.45, 7) is 13.0. The summed E-state index contributed by atoms with van der Waals surface area (Å²) < 4.78 is 20.0. The van der Waals surface area contributed by atoms with Crippen LogP contribution in [0, 0.1) is 17.2 Å². The molecule has 40 heavy (non-hydrogen) atoms. The Balaban J connectivity index is 1.64. The Labute approximate surface area is 240 Å². The van der Waals surface area contributed by atoms with E-state index in [0.717, 1.165) is 28.0 Å². The first-order chi connectivity index (χ1) is 18.9. The van der Waals surface area contributed by atoms with Crippen LogP contribution in [0.4, 0.5) is 4.39 Å². The smallest absolute Gasteiger partial charge is 0.243 e. The molecule has 3 aromatic rings. The minimum atomic E-state index is -0.926. The summed E-state index contributed by atoms with van der Waals surface area (Å²) in [5.74, 6) is 0.0669. The zero-order valence-electron chi connectivity index (χ0n) is 24.2. The second kappa shape index (κ2) is 11.9. The lowest BCUT2D eigenvalue weighted by molar-refractivity contribution is -0.134. The number of nitrogens with one attached hydrogen (secondary N) is 3. The van der Waals surface area contributed by atoms with Crippen LogP contribution in [0.3, 0.4) is 0 Å². The fourth-order valence-electron chi connectivity index (χ4n) is 5.50.